The van der Waals surface area contributed by atoms with Crippen molar-refractivity contribution in [2.45, 2.75) is 32.1 Å². The molecule has 1 saturated carbocycles. The lowest BCUT2D eigenvalue weighted by Gasteiger charge is -2.22. The van der Waals surface area contributed by atoms with Gasteiger partial charge < -0.3 is 5.73 Å². The van der Waals surface area contributed by atoms with Crippen LogP contribution in [0.5, 0.6) is 0 Å². The summed E-state index contributed by atoms with van der Waals surface area (Å²) in [4.78, 5) is 0.851. The number of anilines is 1. The van der Waals surface area contributed by atoms with Gasteiger partial charge in [0.2, 0.25) is 4.96 Å². The largest absolute Gasteiger partial charge is 0.398 e. The van der Waals surface area contributed by atoms with Gasteiger partial charge >= 0.3 is 0 Å². The zero-order valence-electron chi connectivity index (χ0n) is 11.2. The third-order valence-corrected chi connectivity index (χ3v) is 4.92. The number of nitrogens with two attached hydrogens (primary N) is 1. The highest BCUT2D eigenvalue weighted by Crippen LogP contribution is 2.37. The quantitative estimate of drug-likeness (QED) is 0.735. The van der Waals surface area contributed by atoms with Crippen molar-refractivity contribution in [3.8, 4) is 10.6 Å². The van der Waals surface area contributed by atoms with E-state index < -0.39 is 0 Å². The maximum Gasteiger partial charge on any atom is 0.234 e. The molecular weight excluding hydrogens is 270 g/mol. The SMILES string of the molecule is Cc1cccc(N)c1-c1nn2c(C3CCC3)nnc2s1. The average molecular weight is 285 g/mol. The summed E-state index contributed by atoms with van der Waals surface area (Å²) in [6.07, 6.45) is 3.67. The Balaban J connectivity index is 1.87. The van der Waals surface area contributed by atoms with Crippen LogP contribution in [-0.4, -0.2) is 19.8 Å². The molecule has 0 bridgehead atoms. The number of fused-ring (bicyclic) bond motifs is 1. The Morgan fingerprint density at radius 1 is 1.30 bits per heavy atom. The molecule has 2 N–H and O–H groups in total. The minimum absolute atomic E-state index is 0.522. The molecule has 1 aromatic carbocycles. The molecule has 1 aliphatic rings. The molecule has 3 aromatic rings. The first-order chi connectivity index (χ1) is 9.74. The van der Waals surface area contributed by atoms with Gasteiger partial charge in [-0.05, 0) is 31.4 Å². The molecule has 4 rings (SSSR count). The highest BCUT2D eigenvalue weighted by atomic mass is 32.1. The Morgan fingerprint density at radius 3 is 2.85 bits per heavy atom. The fraction of sp³-hybridized carbons (Fsp3) is 0.357. The Hall–Kier alpha value is -1.95. The molecular formula is C14H15N5S. The van der Waals surface area contributed by atoms with Crippen molar-refractivity contribution in [2.75, 3.05) is 5.73 Å². The smallest absolute Gasteiger partial charge is 0.234 e. The fourth-order valence-electron chi connectivity index (χ4n) is 2.64. The second kappa shape index (κ2) is 4.28. The maximum absolute atomic E-state index is 6.10. The highest BCUT2D eigenvalue weighted by molar-refractivity contribution is 7.19. The molecule has 5 nitrogen and oxygen atoms in total. The van der Waals surface area contributed by atoms with Gasteiger partial charge in [0.25, 0.3) is 0 Å². The molecule has 1 aliphatic carbocycles. The number of hydrogen-bond donors (Lipinski definition) is 1. The van der Waals surface area contributed by atoms with Gasteiger partial charge in [-0.15, -0.1) is 10.2 Å². The number of nitrogen functional groups attached to an aromatic ring is 1. The van der Waals surface area contributed by atoms with Crippen molar-refractivity contribution in [2.24, 2.45) is 0 Å². The second-order valence-electron chi connectivity index (χ2n) is 5.33. The van der Waals surface area contributed by atoms with Crippen LogP contribution in [0.25, 0.3) is 15.5 Å². The normalized spacial score (nSPS) is 15.7. The minimum Gasteiger partial charge on any atom is -0.398 e. The van der Waals surface area contributed by atoms with E-state index in [1.807, 2.05) is 16.6 Å². The summed E-state index contributed by atoms with van der Waals surface area (Å²) in [5, 5.41) is 14.2. The molecule has 6 heteroatoms. The molecule has 0 radical (unpaired) electrons. The van der Waals surface area contributed by atoms with Crippen LogP contribution in [0.15, 0.2) is 18.2 Å². The van der Waals surface area contributed by atoms with Gasteiger partial charge in [0.1, 0.15) is 5.01 Å². The van der Waals surface area contributed by atoms with Crippen LogP contribution in [0.3, 0.4) is 0 Å². The van der Waals surface area contributed by atoms with Crippen molar-refractivity contribution < 1.29 is 0 Å². The molecule has 0 aliphatic heterocycles. The Morgan fingerprint density at radius 2 is 2.15 bits per heavy atom. The van der Waals surface area contributed by atoms with Gasteiger partial charge in [0.05, 0.1) is 0 Å². The third-order valence-electron chi connectivity index (χ3n) is 4.00. The molecule has 1 fully saturated rings. The van der Waals surface area contributed by atoms with Crippen LogP contribution in [0.2, 0.25) is 0 Å². The molecule has 0 atom stereocenters. The lowest BCUT2D eigenvalue weighted by Crippen LogP contribution is -2.13. The van der Waals surface area contributed by atoms with Crippen LogP contribution in [0, 0.1) is 6.92 Å². The van der Waals surface area contributed by atoms with Gasteiger partial charge in [0.15, 0.2) is 5.82 Å². The average Bonchev–Trinajstić information content (AvgIpc) is 2.89. The van der Waals surface area contributed by atoms with Crippen molar-refractivity contribution >= 4 is 22.0 Å². The van der Waals surface area contributed by atoms with E-state index >= 15 is 0 Å². The topological polar surface area (TPSA) is 69.1 Å². The minimum atomic E-state index is 0.522. The number of hydrogen-bond acceptors (Lipinski definition) is 5. The van der Waals surface area contributed by atoms with Crippen LogP contribution in [0.1, 0.15) is 36.6 Å². The van der Waals surface area contributed by atoms with Crippen molar-refractivity contribution in [1.82, 2.24) is 19.8 Å². The first kappa shape index (κ1) is 11.8. The molecule has 0 saturated heterocycles. The van der Waals surface area contributed by atoms with Crippen LogP contribution in [-0.2, 0) is 0 Å². The summed E-state index contributed by atoms with van der Waals surface area (Å²) < 4.78 is 1.90. The molecule has 102 valence electrons. The van der Waals surface area contributed by atoms with E-state index in [9.17, 15) is 0 Å². The van der Waals surface area contributed by atoms with E-state index in [1.165, 1.54) is 19.3 Å². The molecule has 0 unspecified atom stereocenters. The zero-order valence-corrected chi connectivity index (χ0v) is 12.0. The Labute approximate surface area is 120 Å². The first-order valence-corrected chi connectivity index (χ1v) is 7.63. The van der Waals surface area contributed by atoms with Crippen molar-refractivity contribution in [3.63, 3.8) is 0 Å². The number of rotatable bonds is 2. The maximum atomic E-state index is 6.10. The summed E-state index contributed by atoms with van der Waals surface area (Å²) in [5.74, 6) is 1.52. The molecule has 2 aromatic heterocycles. The number of aromatic nitrogens is 4. The van der Waals surface area contributed by atoms with Crippen LogP contribution >= 0.6 is 11.3 Å². The number of benzene rings is 1. The number of nitrogens with zero attached hydrogens (tertiary/aromatic N) is 4. The van der Waals surface area contributed by atoms with E-state index in [0.717, 1.165) is 32.6 Å². The predicted molar refractivity (Wildman–Crippen MR) is 79.8 cm³/mol. The van der Waals surface area contributed by atoms with Gasteiger partial charge in [-0.1, -0.05) is 29.9 Å². The Bertz CT molecular complexity index is 764. The molecule has 0 amide bonds. The summed E-state index contributed by atoms with van der Waals surface area (Å²) >= 11 is 1.55. The zero-order chi connectivity index (χ0) is 13.7. The summed E-state index contributed by atoms with van der Waals surface area (Å²) in [5.41, 5.74) is 9.02. The van der Waals surface area contributed by atoms with E-state index in [4.69, 9.17) is 10.8 Å². The van der Waals surface area contributed by atoms with Crippen molar-refractivity contribution in [1.29, 1.82) is 0 Å². The van der Waals surface area contributed by atoms with E-state index in [2.05, 4.69) is 23.2 Å². The Kier molecular flexibility index (Phi) is 2.53. The number of aryl methyl sites for hydroxylation is 1. The monoisotopic (exact) mass is 285 g/mol. The van der Waals surface area contributed by atoms with Gasteiger partial charge in [-0.25, -0.2) is 0 Å². The third kappa shape index (κ3) is 1.64. The van der Waals surface area contributed by atoms with Gasteiger partial charge in [-0.2, -0.15) is 9.61 Å². The van der Waals surface area contributed by atoms with E-state index in [1.54, 1.807) is 11.3 Å². The molecule has 2 heterocycles. The molecule has 0 spiro atoms. The fourth-order valence-corrected chi connectivity index (χ4v) is 3.62. The van der Waals surface area contributed by atoms with Crippen LogP contribution in [0.4, 0.5) is 5.69 Å². The van der Waals surface area contributed by atoms with Crippen LogP contribution < -0.4 is 5.73 Å². The lowest BCUT2D eigenvalue weighted by atomic mass is 9.85. The standard InChI is InChI=1S/C14H15N5S/c1-8-4-2-7-10(15)11(8)13-18-19-12(9-5-3-6-9)16-17-14(19)20-13/h2,4,7,9H,3,5-6,15H2,1H3. The van der Waals surface area contributed by atoms with E-state index in [0.29, 0.717) is 5.92 Å². The highest BCUT2D eigenvalue weighted by Gasteiger charge is 2.26. The second-order valence-corrected chi connectivity index (χ2v) is 6.28. The first-order valence-electron chi connectivity index (χ1n) is 6.81. The van der Waals surface area contributed by atoms with Gasteiger partial charge in [-0.3, -0.25) is 0 Å². The summed E-state index contributed by atoms with van der Waals surface area (Å²) in [6, 6.07) is 5.94. The lowest BCUT2D eigenvalue weighted by molar-refractivity contribution is 0.395. The van der Waals surface area contributed by atoms with Crippen molar-refractivity contribution in [3.05, 3.63) is 29.6 Å². The summed E-state index contributed by atoms with van der Waals surface area (Å²) in [6.45, 7) is 2.06. The predicted octanol–water partition coefficient (Wildman–Crippen LogP) is 3.01. The van der Waals surface area contributed by atoms with Gasteiger partial charge in [0, 0.05) is 17.2 Å². The summed E-state index contributed by atoms with van der Waals surface area (Å²) in [7, 11) is 0. The molecule has 20 heavy (non-hydrogen) atoms. The van der Waals surface area contributed by atoms with E-state index in [-0.39, 0.29) is 0 Å².